The zero-order chi connectivity index (χ0) is 15.4. The van der Waals surface area contributed by atoms with Crippen LogP contribution in [-0.4, -0.2) is 69.4 Å². The van der Waals surface area contributed by atoms with Gasteiger partial charge in [-0.05, 0) is 12.1 Å². The third-order valence-corrected chi connectivity index (χ3v) is 6.53. The van der Waals surface area contributed by atoms with E-state index >= 15 is 0 Å². The number of thioether (sulfide) groups is 1. The first-order chi connectivity index (χ1) is 10.7. The molecule has 2 aliphatic rings. The number of benzene rings is 1. The largest absolute Gasteiger partial charge is 0.349 e. The van der Waals surface area contributed by atoms with Gasteiger partial charge in [0.2, 0.25) is 0 Å². The van der Waals surface area contributed by atoms with Crippen LogP contribution in [0.5, 0.6) is 0 Å². The lowest BCUT2D eigenvalue weighted by atomic mass is 10.3. The smallest absolute Gasteiger partial charge is 0.159 e. The van der Waals surface area contributed by atoms with Crippen molar-refractivity contribution in [3.05, 3.63) is 30.3 Å². The number of rotatable bonds is 4. The highest BCUT2D eigenvalue weighted by Gasteiger charge is 2.24. The van der Waals surface area contributed by atoms with Crippen LogP contribution in [0, 0.1) is 0 Å². The van der Waals surface area contributed by atoms with Crippen molar-refractivity contribution in [2.75, 3.05) is 45.0 Å². The lowest BCUT2D eigenvalue weighted by Crippen LogP contribution is -2.48. The maximum atomic E-state index is 12.2. The van der Waals surface area contributed by atoms with Crippen LogP contribution in [-0.2, 0) is 10.8 Å². The number of hydrogen-bond donors (Lipinski definition) is 0. The average molecular weight is 338 g/mol. The van der Waals surface area contributed by atoms with Crippen molar-refractivity contribution >= 4 is 27.7 Å². The Morgan fingerprint density at radius 1 is 1.23 bits per heavy atom. The summed E-state index contributed by atoms with van der Waals surface area (Å²) in [6.45, 7) is 8.25. The Morgan fingerprint density at radius 2 is 1.95 bits per heavy atom. The van der Waals surface area contributed by atoms with Crippen LogP contribution >= 0.6 is 11.8 Å². The SMILES string of the molecule is C[C@H]1CN=C(N2CCN(CC[S@](=O)c3ccccc3)CC2)S1. The lowest BCUT2D eigenvalue weighted by molar-refractivity contribution is 0.193. The van der Waals surface area contributed by atoms with Crippen molar-refractivity contribution in [1.82, 2.24) is 9.80 Å². The van der Waals surface area contributed by atoms with Crippen LogP contribution in [0.25, 0.3) is 0 Å². The molecule has 0 bridgehead atoms. The third-order valence-electron chi connectivity index (χ3n) is 4.03. The second-order valence-corrected chi connectivity index (χ2v) is 8.72. The van der Waals surface area contributed by atoms with E-state index in [1.165, 1.54) is 5.17 Å². The molecule has 0 radical (unpaired) electrons. The Morgan fingerprint density at radius 3 is 2.59 bits per heavy atom. The Balaban J connectivity index is 1.42. The first kappa shape index (κ1) is 16.0. The van der Waals surface area contributed by atoms with Gasteiger partial charge in [-0.3, -0.25) is 14.1 Å². The average Bonchev–Trinajstić information content (AvgIpc) is 3.00. The van der Waals surface area contributed by atoms with E-state index in [-0.39, 0.29) is 0 Å². The molecular weight excluding hydrogens is 314 g/mol. The summed E-state index contributed by atoms with van der Waals surface area (Å²) in [6, 6.07) is 9.76. The number of amidine groups is 1. The van der Waals surface area contributed by atoms with Gasteiger partial charge in [0.25, 0.3) is 0 Å². The summed E-state index contributed by atoms with van der Waals surface area (Å²) < 4.78 is 12.2. The van der Waals surface area contributed by atoms with Crippen molar-refractivity contribution in [1.29, 1.82) is 0 Å². The summed E-state index contributed by atoms with van der Waals surface area (Å²) in [7, 11) is -0.884. The molecule has 0 aromatic heterocycles. The summed E-state index contributed by atoms with van der Waals surface area (Å²) in [5.74, 6) is 0.719. The molecule has 120 valence electrons. The van der Waals surface area contributed by atoms with E-state index in [1.54, 1.807) is 0 Å². The lowest BCUT2D eigenvalue weighted by Gasteiger charge is -2.35. The van der Waals surface area contributed by atoms with Gasteiger partial charge in [0.1, 0.15) is 0 Å². The number of aliphatic imine (C=N–C) groups is 1. The predicted octanol–water partition coefficient (Wildman–Crippen LogP) is 1.90. The predicted molar refractivity (Wildman–Crippen MR) is 95.1 cm³/mol. The normalized spacial score (nSPS) is 24.3. The highest BCUT2D eigenvalue weighted by molar-refractivity contribution is 8.14. The maximum absolute atomic E-state index is 12.2. The minimum atomic E-state index is -0.884. The van der Waals surface area contributed by atoms with Crippen LogP contribution in [0.4, 0.5) is 0 Å². The Kier molecular flexibility index (Phi) is 5.55. The quantitative estimate of drug-likeness (QED) is 0.841. The second-order valence-electron chi connectivity index (χ2n) is 5.74. The highest BCUT2D eigenvalue weighted by atomic mass is 32.2. The first-order valence-corrected chi connectivity index (χ1v) is 10.0. The zero-order valence-electron chi connectivity index (χ0n) is 13.0. The molecule has 22 heavy (non-hydrogen) atoms. The molecule has 0 spiro atoms. The molecule has 0 N–H and O–H groups in total. The number of piperazine rings is 1. The molecule has 6 heteroatoms. The standard InChI is InChI=1S/C16H23N3OS2/c1-14-13-17-16(21-14)19-9-7-18(8-10-19)11-12-22(20)15-5-3-2-4-6-15/h2-6,14H,7-13H2,1H3/t14-,22-/m0/s1. The highest BCUT2D eigenvalue weighted by Crippen LogP contribution is 2.23. The van der Waals surface area contributed by atoms with Crippen LogP contribution in [0.15, 0.2) is 40.2 Å². The number of nitrogens with zero attached hydrogens (tertiary/aromatic N) is 3. The summed E-state index contributed by atoms with van der Waals surface area (Å²) >= 11 is 1.90. The van der Waals surface area contributed by atoms with Gasteiger partial charge < -0.3 is 4.90 Å². The first-order valence-electron chi connectivity index (χ1n) is 7.84. The fourth-order valence-electron chi connectivity index (χ4n) is 2.70. The van der Waals surface area contributed by atoms with Crippen LogP contribution in [0.3, 0.4) is 0 Å². The number of hydrogen-bond acceptors (Lipinski definition) is 5. The van der Waals surface area contributed by atoms with Gasteiger partial charge in [0, 0.05) is 48.6 Å². The summed E-state index contributed by atoms with van der Waals surface area (Å²) in [5.41, 5.74) is 0. The maximum Gasteiger partial charge on any atom is 0.159 e. The van der Waals surface area contributed by atoms with Crippen LogP contribution < -0.4 is 0 Å². The van der Waals surface area contributed by atoms with Gasteiger partial charge in [-0.25, -0.2) is 0 Å². The van der Waals surface area contributed by atoms with Crippen LogP contribution in [0.1, 0.15) is 6.92 Å². The van der Waals surface area contributed by atoms with E-state index in [2.05, 4.69) is 21.7 Å². The summed E-state index contributed by atoms with van der Waals surface area (Å²) in [6.07, 6.45) is 0. The minimum Gasteiger partial charge on any atom is -0.349 e. The Labute approximate surface area is 139 Å². The van der Waals surface area contributed by atoms with Crippen LogP contribution in [0.2, 0.25) is 0 Å². The van der Waals surface area contributed by atoms with E-state index in [9.17, 15) is 4.21 Å². The van der Waals surface area contributed by atoms with Gasteiger partial charge in [0.05, 0.1) is 17.3 Å². The van der Waals surface area contributed by atoms with Gasteiger partial charge in [-0.2, -0.15) is 0 Å². The molecule has 0 amide bonds. The molecule has 1 saturated heterocycles. The minimum absolute atomic E-state index is 0.626. The van der Waals surface area contributed by atoms with Crippen molar-refractivity contribution < 1.29 is 4.21 Å². The molecule has 2 heterocycles. The molecular formula is C16H23N3OS2. The molecule has 1 fully saturated rings. The molecule has 2 aliphatic heterocycles. The summed E-state index contributed by atoms with van der Waals surface area (Å²) in [4.78, 5) is 10.4. The van der Waals surface area contributed by atoms with Gasteiger partial charge >= 0.3 is 0 Å². The molecule has 1 aromatic carbocycles. The monoisotopic (exact) mass is 337 g/mol. The van der Waals surface area contributed by atoms with Gasteiger partial charge in [-0.15, -0.1) is 0 Å². The van der Waals surface area contributed by atoms with Crippen molar-refractivity contribution in [3.63, 3.8) is 0 Å². The molecule has 0 aliphatic carbocycles. The second kappa shape index (κ2) is 7.62. The zero-order valence-corrected chi connectivity index (χ0v) is 14.6. The third kappa shape index (κ3) is 4.12. The van der Waals surface area contributed by atoms with Gasteiger partial charge in [0.15, 0.2) is 5.17 Å². The van der Waals surface area contributed by atoms with Crippen molar-refractivity contribution in [2.24, 2.45) is 4.99 Å². The van der Waals surface area contributed by atoms with Crippen molar-refractivity contribution in [3.8, 4) is 0 Å². The van der Waals surface area contributed by atoms with Crippen molar-refractivity contribution in [2.45, 2.75) is 17.1 Å². The topological polar surface area (TPSA) is 35.9 Å². The van der Waals surface area contributed by atoms with Gasteiger partial charge in [-0.1, -0.05) is 36.9 Å². The summed E-state index contributed by atoms with van der Waals surface area (Å²) in [5, 5.41) is 1.85. The van der Waals surface area contributed by atoms with E-state index in [4.69, 9.17) is 0 Å². The molecule has 2 atom stereocenters. The Bertz CT molecular complexity index is 542. The van der Waals surface area contributed by atoms with E-state index in [1.807, 2.05) is 42.1 Å². The fourth-order valence-corrected chi connectivity index (χ4v) is 4.81. The molecule has 4 nitrogen and oxygen atoms in total. The molecule has 3 rings (SSSR count). The molecule has 1 aromatic rings. The Hall–Kier alpha value is -0.850. The van der Waals surface area contributed by atoms with E-state index in [0.717, 1.165) is 49.9 Å². The molecule has 0 unspecified atom stereocenters. The fraction of sp³-hybridized carbons (Fsp3) is 0.562. The van der Waals surface area contributed by atoms with E-state index in [0.29, 0.717) is 5.25 Å². The molecule has 0 saturated carbocycles. The van der Waals surface area contributed by atoms with E-state index < -0.39 is 10.8 Å².